The van der Waals surface area contributed by atoms with E-state index in [1.165, 1.54) is 5.56 Å². The lowest BCUT2D eigenvalue weighted by Gasteiger charge is -2.20. The first kappa shape index (κ1) is 34.9. The van der Waals surface area contributed by atoms with Crippen molar-refractivity contribution in [1.29, 1.82) is 0 Å². The van der Waals surface area contributed by atoms with E-state index in [1.807, 2.05) is 109 Å². The Morgan fingerprint density at radius 1 is 0.586 bits per heavy atom. The molecule has 0 spiro atoms. The van der Waals surface area contributed by atoms with Crippen LogP contribution in [0.15, 0.2) is 164 Å². The van der Waals surface area contributed by atoms with Crippen LogP contribution in [-0.4, -0.2) is 42.1 Å². The minimum Gasteiger partial charge on any atom is -0.456 e. The van der Waals surface area contributed by atoms with E-state index in [0.29, 0.717) is 29.0 Å². The Hall–Kier alpha value is -7.54. The molecule has 4 heterocycles. The van der Waals surface area contributed by atoms with Gasteiger partial charge >= 0.3 is 6.01 Å². The largest absolute Gasteiger partial charge is 0.496 e. The Balaban J connectivity index is 1.22. The van der Waals surface area contributed by atoms with Gasteiger partial charge < -0.3 is 4.74 Å². The number of rotatable bonds is 7. The molecule has 0 aliphatic carbocycles. The van der Waals surface area contributed by atoms with Gasteiger partial charge in [-0.2, -0.15) is 0 Å². The third kappa shape index (κ3) is 6.22. The van der Waals surface area contributed by atoms with Crippen molar-refractivity contribution < 1.29 is 9.31 Å². The average Bonchev–Trinajstić information content (AvgIpc) is 3.77. The maximum absolute atomic E-state index is 7.04. The fraction of sp³-hybridized carbons (Fsp3) is 0.100. The molecule has 0 N–H and O–H groups in total. The predicted molar refractivity (Wildman–Crippen MR) is 232 cm³/mol. The predicted octanol–water partition coefficient (Wildman–Crippen LogP) is 11.8. The molecular weight excluding hydrogens is 715 g/mol. The molecule has 0 bridgehead atoms. The molecule has 1 aliphatic rings. The molecule has 0 amide bonds. The van der Waals surface area contributed by atoms with Gasteiger partial charge in [-0.1, -0.05) is 122 Å². The van der Waals surface area contributed by atoms with Crippen molar-refractivity contribution in [3.63, 3.8) is 0 Å². The SMILES string of the molecule is C[N+]1=C=[N+](c2cccc(Oc3cc4c(cc3-c3nc(-c5ccccc5)nc(-c5ccccc5)n3)c3ccccc3n4-c3cc(C(C)(C)C)ccn3)c2)c2ccccc21. The van der Waals surface area contributed by atoms with Crippen molar-refractivity contribution in [3.8, 4) is 51.5 Å². The topological polar surface area (TPSA) is 71.7 Å². The summed E-state index contributed by atoms with van der Waals surface area (Å²) in [5.74, 6) is 3.74. The molecule has 1 aliphatic heterocycles. The van der Waals surface area contributed by atoms with Crippen LogP contribution in [0.3, 0.4) is 0 Å². The van der Waals surface area contributed by atoms with Crippen molar-refractivity contribution in [3.05, 3.63) is 169 Å². The highest BCUT2D eigenvalue weighted by Gasteiger charge is 2.32. The van der Waals surface area contributed by atoms with Crippen LogP contribution in [0.25, 0.3) is 61.8 Å². The van der Waals surface area contributed by atoms with Crippen LogP contribution in [-0.2, 0) is 5.41 Å². The lowest BCUT2D eigenvalue weighted by atomic mass is 9.88. The summed E-state index contributed by atoms with van der Waals surface area (Å²) in [6, 6.07) is 56.9. The maximum atomic E-state index is 7.04. The van der Waals surface area contributed by atoms with Crippen LogP contribution in [0.2, 0.25) is 0 Å². The monoisotopic (exact) mass is 753 g/mol. The van der Waals surface area contributed by atoms with Crippen molar-refractivity contribution in [2.24, 2.45) is 0 Å². The van der Waals surface area contributed by atoms with Gasteiger partial charge in [0.2, 0.25) is 5.69 Å². The van der Waals surface area contributed by atoms with Crippen molar-refractivity contribution in [2.45, 2.75) is 26.2 Å². The molecule has 0 fully saturated rings. The third-order valence-corrected chi connectivity index (χ3v) is 10.6. The van der Waals surface area contributed by atoms with Crippen LogP contribution in [0.4, 0.5) is 17.1 Å². The molecule has 0 atom stereocenters. The maximum Gasteiger partial charge on any atom is 0.496 e. The van der Waals surface area contributed by atoms with Crippen LogP contribution in [0, 0.1) is 0 Å². The van der Waals surface area contributed by atoms with E-state index in [0.717, 1.165) is 61.4 Å². The Bertz CT molecular complexity index is 3060. The fourth-order valence-electron chi connectivity index (χ4n) is 7.64. The molecule has 0 saturated carbocycles. The number of ether oxygens (including phenoxy) is 1. The summed E-state index contributed by atoms with van der Waals surface area (Å²) in [7, 11) is 2.01. The van der Waals surface area contributed by atoms with Gasteiger partial charge in [-0.05, 0) is 45.9 Å². The van der Waals surface area contributed by atoms with E-state index in [2.05, 4.69) is 103 Å². The van der Waals surface area contributed by atoms with E-state index in [1.54, 1.807) is 0 Å². The zero-order valence-corrected chi connectivity index (χ0v) is 32.6. The normalized spacial score (nSPS) is 12.4. The highest BCUT2D eigenvalue weighted by Crippen LogP contribution is 2.42. The second-order valence-electron chi connectivity index (χ2n) is 15.5. The lowest BCUT2D eigenvalue weighted by Crippen LogP contribution is -2.12. The molecule has 0 unspecified atom stereocenters. The molecule has 0 saturated heterocycles. The van der Waals surface area contributed by atoms with E-state index in [9.17, 15) is 0 Å². The van der Waals surface area contributed by atoms with E-state index >= 15 is 0 Å². The Labute approximate surface area is 336 Å². The Morgan fingerprint density at radius 3 is 1.97 bits per heavy atom. The van der Waals surface area contributed by atoms with Gasteiger partial charge in [-0.15, -0.1) is 0 Å². The molecule has 3 aromatic heterocycles. The van der Waals surface area contributed by atoms with Crippen LogP contribution in [0.1, 0.15) is 26.3 Å². The van der Waals surface area contributed by atoms with E-state index in [4.69, 9.17) is 24.7 Å². The smallest absolute Gasteiger partial charge is 0.456 e. The summed E-state index contributed by atoms with van der Waals surface area (Å²) >= 11 is 0. The molecule has 10 rings (SSSR count). The molecule has 8 heteroatoms. The molecule has 9 aromatic rings. The Morgan fingerprint density at radius 2 is 1.24 bits per heavy atom. The van der Waals surface area contributed by atoms with Gasteiger partial charge in [-0.3, -0.25) is 4.57 Å². The first-order chi connectivity index (χ1) is 28.3. The third-order valence-electron chi connectivity index (χ3n) is 10.6. The van der Waals surface area contributed by atoms with E-state index in [-0.39, 0.29) is 5.41 Å². The number of hydrogen-bond acceptors (Lipinski definition) is 5. The minimum atomic E-state index is -0.0615. The molecule has 278 valence electrons. The number of aromatic nitrogens is 5. The summed E-state index contributed by atoms with van der Waals surface area (Å²) in [5, 5.41) is 2.11. The highest BCUT2D eigenvalue weighted by atomic mass is 16.5. The molecule has 0 radical (unpaired) electrons. The van der Waals surface area contributed by atoms with Crippen molar-refractivity contribution in [2.75, 3.05) is 7.05 Å². The second kappa shape index (κ2) is 13.9. The first-order valence-corrected chi connectivity index (χ1v) is 19.4. The Kier molecular flexibility index (Phi) is 8.36. The first-order valence-electron chi connectivity index (χ1n) is 19.4. The van der Waals surface area contributed by atoms with Crippen molar-refractivity contribution in [1.82, 2.24) is 29.1 Å². The molecule has 6 aromatic carbocycles. The van der Waals surface area contributed by atoms with E-state index < -0.39 is 0 Å². The van der Waals surface area contributed by atoms with Crippen LogP contribution >= 0.6 is 0 Å². The zero-order chi connectivity index (χ0) is 39.4. The molecular formula is C50H39N7O+2. The molecule has 58 heavy (non-hydrogen) atoms. The number of hydrogen-bond donors (Lipinski definition) is 0. The fourth-order valence-corrected chi connectivity index (χ4v) is 7.64. The highest BCUT2D eigenvalue weighted by molar-refractivity contribution is 6.11. The summed E-state index contributed by atoms with van der Waals surface area (Å²) in [4.78, 5) is 20.2. The summed E-state index contributed by atoms with van der Waals surface area (Å²) < 4.78 is 13.3. The van der Waals surface area contributed by atoms with Gasteiger partial charge in [0.25, 0.3) is 11.4 Å². The van der Waals surface area contributed by atoms with Gasteiger partial charge in [-0.25, -0.2) is 19.9 Å². The zero-order valence-electron chi connectivity index (χ0n) is 32.6. The molecule has 8 nitrogen and oxygen atoms in total. The van der Waals surface area contributed by atoms with Gasteiger partial charge in [0.15, 0.2) is 24.5 Å². The average molecular weight is 754 g/mol. The number of para-hydroxylation sites is 3. The minimum absolute atomic E-state index is 0.0615. The number of benzene rings is 6. The number of fused-ring (bicyclic) bond motifs is 4. The van der Waals surface area contributed by atoms with Crippen LogP contribution < -0.4 is 9.31 Å². The number of pyridine rings is 1. The van der Waals surface area contributed by atoms with Crippen molar-refractivity contribution >= 4 is 44.9 Å². The summed E-state index contributed by atoms with van der Waals surface area (Å²) in [6.45, 7) is 6.67. The van der Waals surface area contributed by atoms with Crippen LogP contribution in [0.5, 0.6) is 11.5 Å². The van der Waals surface area contributed by atoms with Gasteiger partial charge in [0, 0.05) is 52.4 Å². The lowest BCUT2D eigenvalue weighted by molar-refractivity contribution is -0.394. The quantitative estimate of drug-likeness (QED) is 0.152. The number of nitrogens with zero attached hydrogens (tertiary/aromatic N) is 7. The standard InChI is InChI=1S/C50H39N7O/c1-50(2,3)35-26-27-51-46(28-35)57-41-23-12-11-22-38(41)39-30-40(49-53-47(33-16-7-5-8-17-33)52-48(54-49)34-18-9-6-10-19-34)45(31-44(39)57)58-37-21-15-20-36(29-37)56-32-55(4)42-24-13-14-25-43(42)56/h5-31H,1-4H3/q+2. The summed E-state index contributed by atoms with van der Waals surface area (Å²) in [6.07, 6.45) is 1.90. The van der Waals surface area contributed by atoms with Gasteiger partial charge in [0.05, 0.1) is 22.7 Å². The summed E-state index contributed by atoms with van der Waals surface area (Å²) in [5.41, 5.74) is 8.69. The van der Waals surface area contributed by atoms with Gasteiger partial charge in [0.1, 0.15) is 17.3 Å². The second-order valence-corrected chi connectivity index (χ2v) is 15.5.